The van der Waals surface area contributed by atoms with E-state index in [1.807, 2.05) is 36.4 Å². The van der Waals surface area contributed by atoms with Crippen LogP contribution in [-0.4, -0.2) is 12.5 Å². The number of allylic oxidation sites excluding steroid dienone is 3. The lowest BCUT2D eigenvalue weighted by molar-refractivity contribution is -0.145. The Labute approximate surface area is 186 Å². The predicted molar refractivity (Wildman–Crippen MR) is 122 cm³/mol. The summed E-state index contributed by atoms with van der Waals surface area (Å²) in [5, 5.41) is 0. The van der Waals surface area contributed by atoms with Gasteiger partial charge >= 0.3 is 5.97 Å². The van der Waals surface area contributed by atoms with Crippen molar-refractivity contribution in [2.24, 2.45) is 5.92 Å². The van der Waals surface area contributed by atoms with Gasteiger partial charge in [-0.1, -0.05) is 54.6 Å². The fourth-order valence-electron chi connectivity index (χ4n) is 5.79. The summed E-state index contributed by atoms with van der Waals surface area (Å²) in [6, 6.07) is 22.8. The first-order chi connectivity index (χ1) is 15.8. The molecule has 3 aromatic rings. The van der Waals surface area contributed by atoms with Crippen LogP contribution in [0.3, 0.4) is 0 Å². The summed E-state index contributed by atoms with van der Waals surface area (Å²) in [5.41, 5.74) is 5.42. The molecule has 3 heterocycles. The SMILES string of the molecule is O=C1OC2(c3ccccc3Oc3cc(N4CCc5ccccc54)ccc32)C2CC=CC=C12. The number of anilines is 2. The molecule has 4 aliphatic rings. The van der Waals surface area contributed by atoms with Crippen molar-refractivity contribution in [1.29, 1.82) is 0 Å². The number of rotatable bonds is 1. The first kappa shape index (κ1) is 17.8. The molecule has 156 valence electrons. The highest BCUT2D eigenvalue weighted by Gasteiger charge is 2.58. The largest absolute Gasteiger partial charge is 0.456 e. The second-order valence-electron chi connectivity index (χ2n) is 8.77. The highest BCUT2D eigenvalue weighted by atomic mass is 16.6. The lowest BCUT2D eigenvalue weighted by Crippen LogP contribution is -2.37. The van der Waals surface area contributed by atoms with Crippen LogP contribution in [0.2, 0.25) is 0 Å². The number of benzene rings is 3. The lowest BCUT2D eigenvalue weighted by atomic mass is 9.70. The van der Waals surface area contributed by atoms with Gasteiger partial charge in [0.2, 0.25) is 0 Å². The smallest absolute Gasteiger partial charge is 0.335 e. The molecule has 7 rings (SSSR count). The highest BCUT2D eigenvalue weighted by Crippen LogP contribution is 2.59. The minimum absolute atomic E-state index is 0.0674. The number of nitrogens with zero attached hydrogens (tertiary/aromatic N) is 1. The number of carbonyl (C=O) groups excluding carboxylic acids is 1. The molecule has 0 bridgehead atoms. The molecule has 4 heteroatoms. The number of hydrogen-bond acceptors (Lipinski definition) is 4. The molecule has 0 radical (unpaired) electrons. The van der Waals surface area contributed by atoms with E-state index in [2.05, 4.69) is 53.4 Å². The van der Waals surface area contributed by atoms with Crippen molar-refractivity contribution in [2.45, 2.75) is 18.4 Å². The van der Waals surface area contributed by atoms with Gasteiger partial charge < -0.3 is 14.4 Å². The van der Waals surface area contributed by atoms with Gasteiger partial charge in [0.15, 0.2) is 5.60 Å². The predicted octanol–water partition coefficient (Wildman–Crippen LogP) is 5.79. The van der Waals surface area contributed by atoms with Crippen LogP contribution in [0.4, 0.5) is 11.4 Å². The van der Waals surface area contributed by atoms with Crippen LogP contribution >= 0.6 is 0 Å². The Kier molecular flexibility index (Phi) is 3.55. The lowest BCUT2D eigenvalue weighted by Gasteiger charge is -2.40. The van der Waals surface area contributed by atoms with Gasteiger partial charge in [-0.05, 0) is 42.7 Å². The van der Waals surface area contributed by atoms with Gasteiger partial charge in [-0.3, -0.25) is 0 Å². The van der Waals surface area contributed by atoms with Crippen molar-refractivity contribution < 1.29 is 14.3 Å². The third kappa shape index (κ3) is 2.24. The molecule has 1 spiro atoms. The van der Waals surface area contributed by atoms with Crippen molar-refractivity contribution in [1.82, 2.24) is 0 Å². The Bertz CT molecular complexity index is 1350. The number of esters is 1. The molecule has 3 aliphatic heterocycles. The molecule has 3 aromatic carbocycles. The third-order valence-electron chi connectivity index (χ3n) is 7.21. The molecule has 0 N–H and O–H groups in total. The van der Waals surface area contributed by atoms with E-state index in [0.717, 1.165) is 53.3 Å². The highest BCUT2D eigenvalue weighted by molar-refractivity contribution is 5.94. The van der Waals surface area contributed by atoms with Gasteiger partial charge in [-0.25, -0.2) is 4.79 Å². The average molecular weight is 419 g/mol. The Hall–Kier alpha value is -3.79. The summed E-state index contributed by atoms with van der Waals surface area (Å²) >= 11 is 0. The van der Waals surface area contributed by atoms with Crippen molar-refractivity contribution >= 4 is 17.3 Å². The van der Waals surface area contributed by atoms with E-state index in [-0.39, 0.29) is 11.9 Å². The monoisotopic (exact) mass is 419 g/mol. The van der Waals surface area contributed by atoms with E-state index in [4.69, 9.17) is 9.47 Å². The normalized spacial score (nSPS) is 24.2. The zero-order chi connectivity index (χ0) is 21.3. The quantitative estimate of drug-likeness (QED) is 0.468. The molecule has 4 nitrogen and oxygen atoms in total. The third-order valence-corrected chi connectivity index (χ3v) is 7.21. The van der Waals surface area contributed by atoms with Crippen molar-refractivity contribution in [2.75, 3.05) is 11.4 Å². The van der Waals surface area contributed by atoms with Crippen LogP contribution in [0.1, 0.15) is 23.1 Å². The topological polar surface area (TPSA) is 38.8 Å². The van der Waals surface area contributed by atoms with Gasteiger partial charge in [-0.2, -0.15) is 0 Å². The molecule has 32 heavy (non-hydrogen) atoms. The summed E-state index contributed by atoms with van der Waals surface area (Å²) in [6.07, 6.45) is 7.75. The average Bonchev–Trinajstić information content (AvgIpc) is 3.39. The van der Waals surface area contributed by atoms with Gasteiger partial charge in [0.1, 0.15) is 11.5 Å². The van der Waals surface area contributed by atoms with Gasteiger partial charge in [0, 0.05) is 46.6 Å². The Balaban J connectivity index is 1.41. The Morgan fingerprint density at radius 1 is 0.938 bits per heavy atom. The van der Waals surface area contributed by atoms with E-state index in [0.29, 0.717) is 0 Å². The van der Waals surface area contributed by atoms with Crippen molar-refractivity contribution in [3.05, 3.63) is 107 Å². The van der Waals surface area contributed by atoms with Crippen LogP contribution in [0, 0.1) is 5.92 Å². The summed E-state index contributed by atoms with van der Waals surface area (Å²) < 4.78 is 12.7. The molecular formula is C28H21NO3. The van der Waals surface area contributed by atoms with E-state index in [1.165, 1.54) is 11.3 Å². The summed E-state index contributed by atoms with van der Waals surface area (Å²) in [6.45, 7) is 0.940. The van der Waals surface area contributed by atoms with Gasteiger partial charge in [0.25, 0.3) is 0 Å². The Morgan fingerprint density at radius 2 is 1.78 bits per heavy atom. The molecule has 1 saturated heterocycles. The molecule has 2 unspecified atom stereocenters. The first-order valence-electron chi connectivity index (χ1n) is 11.1. The number of para-hydroxylation sites is 2. The molecule has 2 atom stereocenters. The van der Waals surface area contributed by atoms with Crippen LogP contribution in [0.25, 0.3) is 0 Å². The molecule has 0 amide bonds. The maximum absolute atomic E-state index is 12.9. The van der Waals surface area contributed by atoms with E-state index in [9.17, 15) is 4.79 Å². The number of carbonyl (C=O) groups is 1. The second kappa shape index (κ2) is 6.36. The zero-order valence-electron chi connectivity index (χ0n) is 17.5. The summed E-state index contributed by atoms with van der Waals surface area (Å²) in [4.78, 5) is 15.3. The van der Waals surface area contributed by atoms with E-state index in [1.54, 1.807) is 0 Å². The number of hydrogen-bond donors (Lipinski definition) is 0. The Morgan fingerprint density at radius 3 is 2.75 bits per heavy atom. The maximum Gasteiger partial charge on any atom is 0.335 e. The number of ether oxygens (including phenoxy) is 2. The van der Waals surface area contributed by atoms with Crippen molar-refractivity contribution in [3.8, 4) is 11.5 Å². The van der Waals surface area contributed by atoms with Crippen LogP contribution in [0.15, 0.2) is 90.5 Å². The number of fused-ring (bicyclic) bond motifs is 7. The molecule has 1 aliphatic carbocycles. The molecule has 1 fully saturated rings. The fraction of sp³-hybridized carbons (Fsp3) is 0.179. The van der Waals surface area contributed by atoms with Crippen LogP contribution in [-0.2, 0) is 21.6 Å². The molecule has 0 aromatic heterocycles. The second-order valence-corrected chi connectivity index (χ2v) is 8.77. The van der Waals surface area contributed by atoms with E-state index >= 15 is 0 Å². The van der Waals surface area contributed by atoms with Gasteiger partial charge in [-0.15, -0.1) is 0 Å². The molecule has 0 saturated carbocycles. The standard InChI is InChI=1S/C28H21NO3/c30-27-20-8-2-3-9-21(20)28(32-27)22-10-4-6-12-25(22)31-26-17-19(13-14-23(26)28)29-16-15-18-7-1-5-11-24(18)29/h1-8,10-14,17,21H,9,15-16H2. The maximum atomic E-state index is 12.9. The zero-order valence-corrected chi connectivity index (χ0v) is 17.5. The van der Waals surface area contributed by atoms with Crippen LogP contribution in [0.5, 0.6) is 11.5 Å². The van der Waals surface area contributed by atoms with Crippen LogP contribution < -0.4 is 9.64 Å². The van der Waals surface area contributed by atoms with E-state index < -0.39 is 5.60 Å². The summed E-state index contributed by atoms with van der Waals surface area (Å²) in [5.74, 6) is 1.21. The van der Waals surface area contributed by atoms with Crippen molar-refractivity contribution in [3.63, 3.8) is 0 Å². The molecular weight excluding hydrogens is 398 g/mol. The first-order valence-corrected chi connectivity index (χ1v) is 11.1. The minimum atomic E-state index is -0.862. The fourth-order valence-corrected chi connectivity index (χ4v) is 5.79. The summed E-state index contributed by atoms with van der Waals surface area (Å²) in [7, 11) is 0. The minimum Gasteiger partial charge on any atom is -0.456 e. The van der Waals surface area contributed by atoms with Gasteiger partial charge in [0.05, 0.1) is 0 Å².